The summed E-state index contributed by atoms with van der Waals surface area (Å²) in [5.74, 6) is 0.491. The molecule has 2 N–H and O–H groups in total. The van der Waals surface area contributed by atoms with Crippen molar-refractivity contribution >= 4 is 10.0 Å². The largest absolute Gasteiger partial charge is 0.310 e. The Hall–Kier alpha value is -0.910. The van der Waals surface area contributed by atoms with Gasteiger partial charge >= 0.3 is 0 Å². The van der Waals surface area contributed by atoms with Crippen molar-refractivity contribution in [2.45, 2.75) is 26.3 Å². The van der Waals surface area contributed by atoms with E-state index in [2.05, 4.69) is 36.0 Å². The summed E-state index contributed by atoms with van der Waals surface area (Å²) in [4.78, 5) is 0. The lowest BCUT2D eigenvalue weighted by Gasteiger charge is -2.23. The first-order valence-corrected chi connectivity index (χ1v) is 8.52. The molecule has 108 valence electrons. The quantitative estimate of drug-likeness (QED) is 0.717. The molecule has 0 unspecified atom stereocenters. The molecular weight excluding hydrogens is 260 g/mol. The van der Waals surface area contributed by atoms with Crippen LogP contribution in [0.4, 0.5) is 0 Å². The molecule has 0 aliphatic carbocycles. The molecule has 0 heterocycles. The molecular formula is C14H24N2O2S. The number of sulfonamides is 1. The van der Waals surface area contributed by atoms with Crippen molar-refractivity contribution in [1.29, 1.82) is 0 Å². The van der Waals surface area contributed by atoms with E-state index in [1.165, 1.54) is 11.8 Å². The number of rotatable bonds is 8. The predicted molar refractivity (Wildman–Crippen MR) is 79.5 cm³/mol. The van der Waals surface area contributed by atoms with Crippen molar-refractivity contribution in [3.05, 3.63) is 35.9 Å². The average molecular weight is 284 g/mol. The highest BCUT2D eigenvalue weighted by atomic mass is 32.2. The van der Waals surface area contributed by atoms with E-state index in [-0.39, 0.29) is 0 Å². The maximum atomic E-state index is 10.9. The van der Waals surface area contributed by atoms with E-state index in [4.69, 9.17) is 0 Å². The van der Waals surface area contributed by atoms with E-state index in [0.717, 1.165) is 13.0 Å². The lowest BCUT2D eigenvalue weighted by molar-refractivity contribution is 0.409. The van der Waals surface area contributed by atoms with Gasteiger partial charge in [-0.05, 0) is 24.4 Å². The molecule has 19 heavy (non-hydrogen) atoms. The molecule has 0 aliphatic heterocycles. The summed E-state index contributed by atoms with van der Waals surface area (Å²) < 4.78 is 24.3. The van der Waals surface area contributed by atoms with Crippen LogP contribution in [0.2, 0.25) is 0 Å². The van der Waals surface area contributed by atoms with Crippen LogP contribution in [0.25, 0.3) is 0 Å². The lowest BCUT2D eigenvalue weighted by Crippen LogP contribution is -2.30. The van der Waals surface area contributed by atoms with Gasteiger partial charge in [0.15, 0.2) is 0 Å². The van der Waals surface area contributed by atoms with E-state index >= 15 is 0 Å². The number of hydrogen-bond acceptors (Lipinski definition) is 3. The molecule has 0 saturated carbocycles. The van der Waals surface area contributed by atoms with Gasteiger partial charge in [0, 0.05) is 12.6 Å². The van der Waals surface area contributed by atoms with Crippen molar-refractivity contribution in [3.63, 3.8) is 0 Å². The molecule has 5 heteroatoms. The molecule has 1 aromatic rings. The van der Waals surface area contributed by atoms with Crippen LogP contribution in [-0.2, 0) is 10.0 Å². The second-order valence-electron chi connectivity index (χ2n) is 5.11. The fourth-order valence-corrected chi connectivity index (χ4v) is 2.52. The third-order valence-electron chi connectivity index (χ3n) is 2.91. The molecule has 0 saturated heterocycles. The Morgan fingerprint density at radius 3 is 2.26 bits per heavy atom. The Bertz CT molecular complexity index is 458. The van der Waals surface area contributed by atoms with Gasteiger partial charge in [0.1, 0.15) is 0 Å². The maximum Gasteiger partial charge on any atom is 0.208 e. The fourth-order valence-electron chi connectivity index (χ4n) is 2.00. The van der Waals surface area contributed by atoms with Crippen LogP contribution in [-0.4, -0.2) is 27.8 Å². The van der Waals surface area contributed by atoms with Crippen molar-refractivity contribution < 1.29 is 8.42 Å². The minimum atomic E-state index is -3.07. The topological polar surface area (TPSA) is 58.2 Å². The Labute approximate surface area is 116 Å². The smallest absolute Gasteiger partial charge is 0.208 e. The zero-order valence-electron chi connectivity index (χ0n) is 11.9. The first-order valence-electron chi connectivity index (χ1n) is 6.63. The van der Waals surface area contributed by atoms with Gasteiger partial charge in [0.05, 0.1) is 6.26 Å². The first-order chi connectivity index (χ1) is 8.90. The molecule has 1 rings (SSSR count). The van der Waals surface area contributed by atoms with E-state index in [1.807, 2.05) is 18.2 Å². The summed E-state index contributed by atoms with van der Waals surface area (Å²) >= 11 is 0. The average Bonchev–Trinajstić information content (AvgIpc) is 2.33. The molecule has 1 aromatic carbocycles. The monoisotopic (exact) mass is 284 g/mol. The fraction of sp³-hybridized carbons (Fsp3) is 0.571. The molecule has 1 atom stereocenters. The van der Waals surface area contributed by atoms with Crippen molar-refractivity contribution in [2.24, 2.45) is 5.92 Å². The van der Waals surface area contributed by atoms with E-state index < -0.39 is 10.0 Å². The molecule has 4 nitrogen and oxygen atoms in total. The summed E-state index contributed by atoms with van der Waals surface area (Å²) in [5, 5.41) is 3.49. The van der Waals surface area contributed by atoms with E-state index in [0.29, 0.717) is 18.5 Å². The standard InChI is InChI=1S/C14H24N2O2S/c1-12(2)14(13-8-5-4-6-9-13)15-10-7-11-16-19(3,17)18/h4-6,8-9,12,14-16H,7,10-11H2,1-3H3/t14-/m0/s1. The highest BCUT2D eigenvalue weighted by Crippen LogP contribution is 2.20. The SMILES string of the molecule is CC(C)[C@H](NCCCNS(C)(=O)=O)c1ccccc1. The van der Waals surface area contributed by atoms with Crippen LogP contribution in [0.5, 0.6) is 0 Å². The lowest BCUT2D eigenvalue weighted by atomic mass is 9.96. The summed E-state index contributed by atoms with van der Waals surface area (Å²) in [6.07, 6.45) is 1.96. The Morgan fingerprint density at radius 1 is 1.11 bits per heavy atom. The van der Waals surface area contributed by atoms with E-state index in [1.54, 1.807) is 0 Å². The van der Waals surface area contributed by atoms with Crippen LogP contribution >= 0.6 is 0 Å². The second-order valence-corrected chi connectivity index (χ2v) is 6.94. The van der Waals surface area contributed by atoms with Crippen LogP contribution < -0.4 is 10.0 Å². The minimum absolute atomic E-state index is 0.305. The van der Waals surface area contributed by atoms with Crippen LogP contribution in [0.1, 0.15) is 31.9 Å². The van der Waals surface area contributed by atoms with Crippen molar-refractivity contribution in [2.75, 3.05) is 19.3 Å². The second kappa shape index (κ2) is 7.62. The minimum Gasteiger partial charge on any atom is -0.310 e. The normalized spacial score (nSPS) is 13.7. The highest BCUT2D eigenvalue weighted by molar-refractivity contribution is 7.88. The maximum absolute atomic E-state index is 10.9. The molecule has 0 aliphatic rings. The Balaban J connectivity index is 2.40. The zero-order chi connectivity index (χ0) is 14.3. The summed E-state index contributed by atoms with van der Waals surface area (Å²) in [6, 6.07) is 10.6. The van der Waals surface area contributed by atoms with Crippen molar-refractivity contribution in [3.8, 4) is 0 Å². The molecule has 0 bridgehead atoms. The third-order valence-corrected chi connectivity index (χ3v) is 3.64. The third kappa shape index (κ3) is 6.71. The zero-order valence-corrected chi connectivity index (χ0v) is 12.7. The van der Waals surface area contributed by atoms with Crippen LogP contribution in [0, 0.1) is 5.92 Å². The summed E-state index contributed by atoms with van der Waals surface area (Å²) in [6.45, 7) is 5.63. The van der Waals surface area contributed by atoms with E-state index in [9.17, 15) is 8.42 Å². The predicted octanol–water partition coefficient (Wildman–Crippen LogP) is 1.91. The van der Waals surface area contributed by atoms with Gasteiger partial charge in [-0.15, -0.1) is 0 Å². The molecule has 0 spiro atoms. The van der Waals surface area contributed by atoms with Gasteiger partial charge in [-0.25, -0.2) is 13.1 Å². The van der Waals surface area contributed by atoms with Gasteiger partial charge < -0.3 is 5.32 Å². The van der Waals surface area contributed by atoms with Crippen LogP contribution in [0.15, 0.2) is 30.3 Å². The summed E-state index contributed by atoms with van der Waals surface area (Å²) in [5.41, 5.74) is 1.27. The molecule has 0 aromatic heterocycles. The van der Waals surface area contributed by atoms with Crippen molar-refractivity contribution in [1.82, 2.24) is 10.0 Å². The molecule has 0 radical (unpaired) electrons. The van der Waals surface area contributed by atoms with Gasteiger partial charge in [0.25, 0.3) is 0 Å². The van der Waals surface area contributed by atoms with Gasteiger partial charge in [-0.1, -0.05) is 44.2 Å². The molecule has 0 amide bonds. The number of nitrogens with one attached hydrogen (secondary N) is 2. The summed E-state index contributed by atoms with van der Waals surface area (Å²) in [7, 11) is -3.07. The van der Waals surface area contributed by atoms with Crippen LogP contribution in [0.3, 0.4) is 0 Å². The number of hydrogen-bond donors (Lipinski definition) is 2. The highest BCUT2D eigenvalue weighted by Gasteiger charge is 2.14. The first kappa shape index (κ1) is 16.1. The Morgan fingerprint density at radius 2 is 1.74 bits per heavy atom. The van der Waals surface area contributed by atoms with Gasteiger partial charge in [-0.2, -0.15) is 0 Å². The van der Waals surface area contributed by atoms with Gasteiger partial charge in [-0.3, -0.25) is 0 Å². The number of benzene rings is 1. The Kier molecular flexibility index (Phi) is 6.48. The molecule has 0 fully saturated rings. The van der Waals surface area contributed by atoms with Gasteiger partial charge in [0.2, 0.25) is 10.0 Å².